The maximum atomic E-state index is 11.2. The van der Waals surface area contributed by atoms with E-state index in [1.54, 1.807) is 24.3 Å². The summed E-state index contributed by atoms with van der Waals surface area (Å²) in [6.45, 7) is 0. The van der Waals surface area contributed by atoms with Gasteiger partial charge in [0.25, 0.3) is 5.91 Å². The number of hydrogen-bond donors (Lipinski definition) is 1. The molecule has 1 aromatic rings. The molecule has 0 aromatic heterocycles. The van der Waals surface area contributed by atoms with Crippen LogP contribution in [0.3, 0.4) is 0 Å². The van der Waals surface area contributed by atoms with Crippen LogP contribution in [0.2, 0.25) is 5.02 Å². The van der Waals surface area contributed by atoms with Gasteiger partial charge in [0.05, 0.1) is 16.1 Å². The lowest BCUT2D eigenvalue weighted by Crippen LogP contribution is -2.27. The molecule has 0 heterocycles. The van der Waals surface area contributed by atoms with Gasteiger partial charge in [0, 0.05) is 10.6 Å². The Hall–Kier alpha value is -0.580. The maximum Gasteiger partial charge on any atom is 0.278 e. The minimum Gasteiger partial charge on any atom is -0.267 e. The minimum atomic E-state index is -0.313. The van der Waals surface area contributed by atoms with Crippen molar-refractivity contribution >= 4 is 33.7 Å². The average molecular weight is 249 g/mol. The molecule has 12 heavy (non-hydrogen) atoms. The van der Waals surface area contributed by atoms with Crippen LogP contribution in [0.1, 0.15) is 10.4 Å². The Kier molecular flexibility index (Phi) is 3.08. The first-order valence-electron chi connectivity index (χ1n) is 3.12. The third kappa shape index (κ3) is 2.20. The van der Waals surface area contributed by atoms with Crippen LogP contribution in [0.25, 0.3) is 0 Å². The normalized spacial score (nSPS) is 9.58. The lowest BCUT2D eigenvalue weighted by Gasteiger charge is -2.06. The zero-order chi connectivity index (χ0) is 9.14. The molecule has 0 atom stereocenters. The summed E-state index contributed by atoms with van der Waals surface area (Å²) in [4.78, 5) is 11.2. The summed E-state index contributed by atoms with van der Waals surface area (Å²) >= 11 is 8.45. The molecule has 0 unspecified atom stereocenters. The van der Waals surface area contributed by atoms with E-state index >= 15 is 0 Å². The van der Waals surface area contributed by atoms with Gasteiger partial charge in [-0.1, -0.05) is 11.6 Å². The number of hydrazine groups is 1. The predicted octanol–water partition coefficient (Wildman–Crippen LogP) is 1.97. The Bertz CT molecular complexity index is 286. The molecule has 0 saturated heterocycles. The molecule has 0 saturated carbocycles. The van der Waals surface area contributed by atoms with Gasteiger partial charge < -0.3 is 0 Å². The smallest absolute Gasteiger partial charge is 0.267 e. The molecule has 1 aromatic carbocycles. The van der Waals surface area contributed by atoms with Gasteiger partial charge in [-0.25, -0.2) is 9.88 Å². The summed E-state index contributed by atoms with van der Waals surface area (Å²) in [5, 5.41) is 0.588. The number of nitrogens with two attached hydrogens (primary N) is 1. The number of rotatable bonds is 1. The zero-order valence-corrected chi connectivity index (χ0v) is 8.34. The molecular weight excluding hydrogens is 243 g/mol. The van der Waals surface area contributed by atoms with E-state index in [0.717, 1.165) is 4.03 Å². The zero-order valence-electron chi connectivity index (χ0n) is 6.00. The molecule has 2 N–H and O–H groups in total. The van der Waals surface area contributed by atoms with E-state index in [1.807, 2.05) is 0 Å². The third-order valence-electron chi connectivity index (χ3n) is 1.29. The Balaban J connectivity index is 2.90. The standard InChI is InChI=1S/C7H6BrClN2O/c8-11(10)7(12)5-1-3-6(9)4-2-5/h1-4H,10H2. The van der Waals surface area contributed by atoms with Crippen LogP contribution >= 0.6 is 27.7 Å². The molecule has 3 nitrogen and oxygen atoms in total. The van der Waals surface area contributed by atoms with E-state index in [0.29, 0.717) is 10.6 Å². The highest BCUT2D eigenvalue weighted by molar-refractivity contribution is 9.07. The van der Waals surface area contributed by atoms with Gasteiger partial charge >= 0.3 is 0 Å². The van der Waals surface area contributed by atoms with Crippen molar-refractivity contribution in [3.63, 3.8) is 0 Å². The molecule has 0 aliphatic rings. The minimum absolute atomic E-state index is 0.313. The van der Waals surface area contributed by atoms with Crippen LogP contribution < -0.4 is 5.84 Å². The first kappa shape index (κ1) is 9.51. The third-order valence-corrected chi connectivity index (χ3v) is 1.86. The van der Waals surface area contributed by atoms with Crippen molar-refractivity contribution in [1.82, 2.24) is 4.03 Å². The molecule has 0 fully saturated rings. The van der Waals surface area contributed by atoms with Crippen molar-refractivity contribution < 1.29 is 4.79 Å². The molecule has 1 amide bonds. The molecular formula is C7H6BrClN2O. The average Bonchev–Trinajstić information content (AvgIpc) is 2.04. The Morgan fingerprint density at radius 2 is 1.92 bits per heavy atom. The maximum absolute atomic E-state index is 11.2. The van der Waals surface area contributed by atoms with Crippen molar-refractivity contribution in [2.75, 3.05) is 0 Å². The van der Waals surface area contributed by atoms with E-state index in [1.165, 1.54) is 0 Å². The largest absolute Gasteiger partial charge is 0.278 e. The van der Waals surface area contributed by atoms with E-state index in [4.69, 9.17) is 17.4 Å². The van der Waals surface area contributed by atoms with Gasteiger partial charge in [-0.2, -0.15) is 0 Å². The fraction of sp³-hybridized carbons (Fsp3) is 0. The summed E-state index contributed by atoms with van der Waals surface area (Å²) < 4.78 is 0.843. The van der Waals surface area contributed by atoms with Crippen LogP contribution in [0.4, 0.5) is 0 Å². The van der Waals surface area contributed by atoms with Gasteiger partial charge in [0.1, 0.15) is 0 Å². The number of amides is 1. The van der Waals surface area contributed by atoms with Crippen molar-refractivity contribution in [3.8, 4) is 0 Å². The SMILES string of the molecule is NN(Br)C(=O)c1ccc(Cl)cc1. The number of benzene rings is 1. The number of nitrogens with zero attached hydrogens (tertiary/aromatic N) is 1. The lowest BCUT2D eigenvalue weighted by atomic mass is 10.2. The van der Waals surface area contributed by atoms with Crippen LogP contribution in [-0.2, 0) is 0 Å². The van der Waals surface area contributed by atoms with Gasteiger partial charge in [-0.3, -0.25) is 4.79 Å². The monoisotopic (exact) mass is 248 g/mol. The summed E-state index contributed by atoms with van der Waals surface area (Å²) in [6.07, 6.45) is 0. The van der Waals surface area contributed by atoms with Crippen LogP contribution in [0.5, 0.6) is 0 Å². The van der Waals surface area contributed by atoms with Gasteiger partial charge in [-0.05, 0) is 24.3 Å². The second-order valence-corrected chi connectivity index (χ2v) is 3.32. The van der Waals surface area contributed by atoms with Crippen molar-refractivity contribution in [2.24, 2.45) is 5.84 Å². The Labute approximate surface area is 83.4 Å². The van der Waals surface area contributed by atoms with Crippen LogP contribution in [0.15, 0.2) is 24.3 Å². The number of halogens is 2. The number of hydrogen-bond acceptors (Lipinski definition) is 2. The van der Waals surface area contributed by atoms with Crippen molar-refractivity contribution in [1.29, 1.82) is 0 Å². The molecule has 5 heteroatoms. The molecule has 64 valence electrons. The molecule has 0 aliphatic carbocycles. The lowest BCUT2D eigenvalue weighted by molar-refractivity contribution is 0.0879. The second-order valence-electron chi connectivity index (χ2n) is 2.12. The molecule has 0 spiro atoms. The van der Waals surface area contributed by atoms with Crippen molar-refractivity contribution in [2.45, 2.75) is 0 Å². The van der Waals surface area contributed by atoms with Gasteiger partial charge in [-0.15, -0.1) is 0 Å². The van der Waals surface area contributed by atoms with E-state index in [2.05, 4.69) is 16.1 Å². The summed E-state index contributed by atoms with van der Waals surface area (Å²) in [6, 6.07) is 6.47. The van der Waals surface area contributed by atoms with Crippen LogP contribution in [-0.4, -0.2) is 9.94 Å². The predicted molar refractivity (Wildman–Crippen MR) is 50.7 cm³/mol. The molecule has 0 radical (unpaired) electrons. The van der Waals surface area contributed by atoms with E-state index < -0.39 is 0 Å². The highest BCUT2D eigenvalue weighted by Crippen LogP contribution is 2.11. The van der Waals surface area contributed by atoms with Gasteiger partial charge in [0.2, 0.25) is 0 Å². The summed E-state index contributed by atoms with van der Waals surface area (Å²) in [7, 11) is 0. The molecule has 1 rings (SSSR count). The molecule has 0 aliphatic heterocycles. The first-order valence-corrected chi connectivity index (χ1v) is 4.20. The Morgan fingerprint density at radius 1 is 1.42 bits per heavy atom. The van der Waals surface area contributed by atoms with E-state index in [9.17, 15) is 4.79 Å². The highest BCUT2D eigenvalue weighted by Gasteiger charge is 2.08. The number of carbonyl (C=O) groups excluding carboxylic acids is 1. The topological polar surface area (TPSA) is 46.3 Å². The van der Waals surface area contributed by atoms with Crippen LogP contribution in [0, 0.1) is 0 Å². The fourth-order valence-electron chi connectivity index (χ4n) is 0.716. The number of carbonyl (C=O) groups is 1. The summed E-state index contributed by atoms with van der Waals surface area (Å²) in [5.74, 6) is 4.86. The second kappa shape index (κ2) is 3.89. The Morgan fingerprint density at radius 3 is 2.33 bits per heavy atom. The summed E-state index contributed by atoms with van der Waals surface area (Å²) in [5.41, 5.74) is 0.485. The quantitative estimate of drug-likeness (QED) is 0.358. The fourth-order valence-corrected chi connectivity index (χ4v) is 1.05. The first-order chi connectivity index (χ1) is 5.61. The van der Waals surface area contributed by atoms with E-state index in [-0.39, 0.29) is 5.91 Å². The molecule has 0 bridgehead atoms. The van der Waals surface area contributed by atoms with Crippen molar-refractivity contribution in [3.05, 3.63) is 34.9 Å². The highest BCUT2D eigenvalue weighted by atomic mass is 79.9. The van der Waals surface area contributed by atoms with Gasteiger partial charge in [0.15, 0.2) is 0 Å².